The first kappa shape index (κ1) is 25.4. The molecule has 0 spiro atoms. The molecule has 1 aromatic carbocycles. The van der Waals surface area contributed by atoms with Crippen LogP contribution in [0.15, 0.2) is 66.9 Å². The van der Waals surface area contributed by atoms with Crippen molar-refractivity contribution in [2.75, 3.05) is 19.6 Å². The summed E-state index contributed by atoms with van der Waals surface area (Å²) in [5.41, 5.74) is 5.88. The first-order valence-corrected chi connectivity index (χ1v) is 14.2. The minimum absolute atomic E-state index is 0.324. The lowest BCUT2D eigenvalue weighted by Gasteiger charge is -2.26. The number of allylic oxidation sites excluding steroid dienone is 3. The maximum absolute atomic E-state index is 16.3. The second-order valence-electron chi connectivity index (χ2n) is 9.98. The van der Waals surface area contributed by atoms with Gasteiger partial charge in [0, 0.05) is 23.2 Å². The number of pyridine rings is 1. The molecule has 5 aromatic rings. The Hall–Kier alpha value is -3.88. The minimum Gasteiger partial charge on any atom is -0.336 e. The van der Waals surface area contributed by atoms with Crippen molar-refractivity contribution >= 4 is 38.8 Å². The number of nitrogens with zero attached hydrogens (tertiary/aromatic N) is 4. The molecule has 6 rings (SSSR count). The van der Waals surface area contributed by atoms with Crippen LogP contribution >= 0.6 is 11.3 Å². The fourth-order valence-corrected chi connectivity index (χ4v) is 6.18. The third kappa shape index (κ3) is 4.86. The lowest BCUT2D eigenvalue weighted by atomic mass is 9.99. The number of aryl methyl sites for hydroxylation is 1. The number of imidazole rings is 1. The predicted molar refractivity (Wildman–Crippen MR) is 159 cm³/mol. The maximum atomic E-state index is 16.3. The van der Waals surface area contributed by atoms with Crippen molar-refractivity contribution in [2.45, 2.75) is 33.1 Å². The second kappa shape index (κ2) is 10.7. The van der Waals surface area contributed by atoms with Gasteiger partial charge in [-0.2, -0.15) is 5.10 Å². The Balaban J connectivity index is 1.40. The second-order valence-corrected chi connectivity index (χ2v) is 11.3. The molecule has 0 amide bonds. The van der Waals surface area contributed by atoms with Crippen molar-refractivity contribution < 1.29 is 4.39 Å². The molecule has 6 nitrogen and oxygen atoms in total. The highest BCUT2D eigenvalue weighted by Crippen LogP contribution is 2.35. The van der Waals surface area contributed by atoms with Gasteiger partial charge in [-0.1, -0.05) is 31.2 Å². The summed E-state index contributed by atoms with van der Waals surface area (Å²) in [6.07, 6.45) is 11.4. The molecule has 1 fully saturated rings. The summed E-state index contributed by atoms with van der Waals surface area (Å²) < 4.78 is 16.3. The molecule has 198 valence electrons. The van der Waals surface area contributed by atoms with E-state index in [0.29, 0.717) is 28.0 Å². The molecule has 2 N–H and O–H groups in total. The zero-order valence-electron chi connectivity index (χ0n) is 22.2. The van der Waals surface area contributed by atoms with Gasteiger partial charge in [-0.15, -0.1) is 11.3 Å². The fraction of sp³-hybridized carbons (Fsp3) is 0.258. The molecule has 8 heteroatoms. The highest BCUT2D eigenvalue weighted by atomic mass is 32.1. The first-order valence-electron chi connectivity index (χ1n) is 13.4. The van der Waals surface area contributed by atoms with E-state index in [-0.39, 0.29) is 5.82 Å². The lowest BCUT2D eigenvalue weighted by Crippen LogP contribution is -2.31. The Morgan fingerprint density at radius 3 is 2.69 bits per heavy atom. The monoisotopic (exact) mass is 538 g/mol. The molecule has 1 saturated heterocycles. The van der Waals surface area contributed by atoms with Gasteiger partial charge in [-0.05, 0) is 81.3 Å². The van der Waals surface area contributed by atoms with Crippen LogP contribution in [0.1, 0.15) is 36.6 Å². The van der Waals surface area contributed by atoms with E-state index in [4.69, 9.17) is 4.98 Å². The molecule has 1 aliphatic heterocycles. The summed E-state index contributed by atoms with van der Waals surface area (Å²) in [6, 6.07) is 9.70. The van der Waals surface area contributed by atoms with Crippen molar-refractivity contribution in [2.24, 2.45) is 0 Å². The fourth-order valence-electron chi connectivity index (χ4n) is 5.32. The predicted octanol–water partition coefficient (Wildman–Crippen LogP) is 7.68. The van der Waals surface area contributed by atoms with Gasteiger partial charge in [0.25, 0.3) is 0 Å². The van der Waals surface area contributed by atoms with E-state index in [1.165, 1.54) is 24.1 Å². The number of aromatic amines is 2. The van der Waals surface area contributed by atoms with E-state index in [2.05, 4.69) is 50.7 Å². The molecule has 39 heavy (non-hydrogen) atoms. The van der Waals surface area contributed by atoms with Crippen molar-refractivity contribution in [3.8, 4) is 22.1 Å². The molecule has 0 bridgehead atoms. The summed E-state index contributed by atoms with van der Waals surface area (Å²) in [4.78, 5) is 17.5. The van der Waals surface area contributed by atoms with E-state index in [1.807, 2.05) is 43.4 Å². The van der Waals surface area contributed by atoms with Crippen LogP contribution in [0.4, 0.5) is 4.39 Å². The van der Waals surface area contributed by atoms with Crippen LogP contribution in [0.5, 0.6) is 0 Å². The van der Waals surface area contributed by atoms with Gasteiger partial charge in [-0.25, -0.2) is 9.37 Å². The van der Waals surface area contributed by atoms with Crippen molar-refractivity contribution in [3.05, 3.63) is 83.2 Å². The number of halogens is 1. The van der Waals surface area contributed by atoms with Crippen molar-refractivity contribution in [1.29, 1.82) is 0 Å². The number of benzene rings is 1. The molecular weight excluding hydrogens is 507 g/mol. The van der Waals surface area contributed by atoms with Gasteiger partial charge < -0.3 is 4.98 Å². The number of hydrogen-bond acceptors (Lipinski definition) is 5. The average molecular weight is 539 g/mol. The van der Waals surface area contributed by atoms with Crippen LogP contribution in [0.25, 0.3) is 49.6 Å². The molecule has 0 radical (unpaired) electrons. The number of nitrogens with one attached hydrogen (secondary N) is 2. The Bertz CT molecular complexity index is 1730. The average Bonchev–Trinajstić information content (AvgIpc) is 3.70. The van der Waals surface area contributed by atoms with Crippen LogP contribution in [-0.2, 0) is 0 Å². The summed E-state index contributed by atoms with van der Waals surface area (Å²) in [6.45, 7) is 11.0. The molecule has 0 atom stereocenters. The van der Waals surface area contributed by atoms with Crippen LogP contribution < -0.4 is 0 Å². The summed E-state index contributed by atoms with van der Waals surface area (Å²) in [7, 11) is 0. The zero-order valence-corrected chi connectivity index (χ0v) is 23.0. The molecule has 0 unspecified atom stereocenters. The smallest absolute Gasteiger partial charge is 0.159 e. The molecule has 1 aliphatic rings. The first-order chi connectivity index (χ1) is 19.1. The summed E-state index contributed by atoms with van der Waals surface area (Å²) in [5.74, 6) is 0.180. The number of likely N-dealkylation sites (tertiary alicyclic amines) is 1. The van der Waals surface area contributed by atoms with E-state index in [1.54, 1.807) is 17.5 Å². The summed E-state index contributed by atoms with van der Waals surface area (Å²) >= 11 is 1.67. The highest BCUT2D eigenvalue weighted by molar-refractivity contribution is 7.15. The normalized spacial score (nSPS) is 15.5. The Kier molecular flexibility index (Phi) is 6.97. The van der Waals surface area contributed by atoms with Gasteiger partial charge in [0.2, 0.25) is 0 Å². The standard InChI is InChI=1S/C31H31FN6S/c1-4-20(18-38-15-7-6-8-16-38)17-21(5-2)22-10-11-23-26(27(22)32)30(37-36-23)31-34-24-13-14-33-29(28(24)35-31)25-12-9-19(3)39-25/h4-5,9-14,17H,1,6-8,15-16,18H2,2-3H3,(H,34,35)(H,36,37)/b20-17+,21-5+. The highest BCUT2D eigenvalue weighted by Gasteiger charge is 2.21. The van der Waals surface area contributed by atoms with E-state index >= 15 is 4.39 Å². The third-order valence-electron chi connectivity index (χ3n) is 7.35. The molecule has 5 heterocycles. The topological polar surface area (TPSA) is 73.5 Å². The van der Waals surface area contributed by atoms with Gasteiger partial charge in [0.15, 0.2) is 5.82 Å². The SMILES string of the molecule is C=C/C(=C\C(=C/C)c1ccc2[nH]nc(-c3nc4c(-c5ccc(C)s5)nccc4[nH]3)c2c1F)CN1CCCCC1. The maximum Gasteiger partial charge on any atom is 0.159 e. The minimum atomic E-state index is -0.324. The van der Waals surface area contributed by atoms with Crippen LogP contribution in [-0.4, -0.2) is 49.7 Å². The molecule has 0 saturated carbocycles. The van der Waals surface area contributed by atoms with Crippen LogP contribution in [0.2, 0.25) is 0 Å². The van der Waals surface area contributed by atoms with Crippen LogP contribution in [0, 0.1) is 12.7 Å². The third-order valence-corrected chi connectivity index (χ3v) is 8.35. The molecule has 4 aromatic heterocycles. The van der Waals surface area contributed by atoms with Crippen molar-refractivity contribution in [1.82, 2.24) is 30.0 Å². The number of piperidine rings is 1. The quantitative estimate of drug-likeness (QED) is 0.209. The largest absolute Gasteiger partial charge is 0.336 e. The van der Waals surface area contributed by atoms with E-state index in [0.717, 1.165) is 52.4 Å². The molecule has 0 aliphatic carbocycles. The number of thiophene rings is 1. The van der Waals surface area contributed by atoms with Gasteiger partial charge in [-0.3, -0.25) is 15.0 Å². The van der Waals surface area contributed by atoms with Gasteiger partial charge >= 0.3 is 0 Å². The van der Waals surface area contributed by atoms with Gasteiger partial charge in [0.05, 0.1) is 21.3 Å². The number of fused-ring (bicyclic) bond motifs is 2. The Morgan fingerprint density at radius 1 is 1.10 bits per heavy atom. The Morgan fingerprint density at radius 2 is 1.95 bits per heavy atom. The Labute approximate surface area is 231 Å². The van der Waals surface area contributed by atoms with E-state index < -0.39 is 0 Å². The van der Waals surface area contributed by atoms with E-state index in [9.17, 15) is 0 Å². The number of aromatic nitrogens is 5. The number of hydrogen-bond donors (Lipinski definition) is 2. The van der Waals surface area contributed by atoms with Gasteiger partial charge in [0.1, 0.15) is 22.7 Å². The number of rotatable bonds is 7. The van der Waals surface area contributed by atoms with Crippen LogP contribution in [0.3, 0.4) is 0 Å². The number of H-pyrrole nitrogens is 2. The zero-order chi connectivity index (χ0) is 26.9. The molecular formula is C31H31FN6S. The summed E-state index contributed by atoms with van der Waals surface area (Å²) in [5, 5.41) is 7.88. The van der Waals surface area contributed by atoms with Crippen molar-refractivity contribution in [3.63, 3.8) is 0 Å². The lowest BCUT2D eigenvalue weighted by molar-refractivity contribution is 0.248.